The third kappa shape index (κ3) is 7.69. The Morgan fingerprint density at radius 2 is 0.860 bits per heavy atom. The molecule has 6 aromatic carbocycles. The smallest absolute Gasteiger partial charge is 0.360 e. The van der Waals surface area contributed by atoms with Gasteiger partial charge in [0.25, 0.3) is 0 Å². The van der Waals surface area contributed by atoms with Crippen LogP contribution in [0.4, 0.5) is 10.3 Å². The molecule has 3 N–H and O–H groups in total. The quantitative estimate of drug-likeness (QED) is 0.0540. The van der Waals surface area contributed by atoms with E-state index in [2.05, 4.69) is 88.6 Å². The van der Waals surface area contributed by atoms with Crippen molar-refractivity contribution >= 4 is 44.6 Å². The lowest BCUT2D eigenvalue weighted by molar-refractivity contribution is -0.129. The number of carboxylic acid groups (broad SMARTS) is 1. The number of carbonyl (C=O) groups is 1. The maximum atomic E-state index is 12.6. The number of hydrogen-bond donors (Lipinski definition) is 3. The summed E-state index contributed by atoms with van der Waals surface area (Å²) in [6.45, 7) is -0.0433. The molecule has 0 saturated carbocycles. The van der Waals surface area contributed by atoms with Crippen LogP contribution >= 0.6 is 22.7 Å². The van der Waals surface area contributed by atoms with Crippen molar-refractivity contribution in [2.45, 2.75) is 17.7 Å². The third-order valence-corrected chi connectivity index (χ3v) is 11.3. The average molecular weight is 784 g/mol. The molecule has 8 nitrogen and oxygen atoms in total. The lowest BCUT2D eigenvalue weighted by Gasteiger charge is -2.36. The van der Waals surface area contributed by atoms with E-state index in [-0.39, 0.29) is 18.0 Å². The number of oxime groups is 1. The largest absolute Gasteiger partial charge is 0.476 e. The van der Waals surface area contributed by atoms with E-state index in [1.54, 1.807) is 5.38 Å². The van der Waals surface area contributed by atoms with Crippen molar-refractivity contribution in [3.8, 4) is 0 Å². The Bertz CT molecular complexity index is 2360. The second kappa shape index (κ2) is 16.9. The van der Waals surface area contributed by atoms with Gasteiger partial charge >= 0.3 is 5.97 Å². The molecular formula is C47H37N5O3S2. The SMILES string of the molecule is O=C(O)/C(=N\OCc1csc(NC(c2ccccc2)(c2ccccc2)c2ccccc2)n1)c1csc(NC(c2ccccc2)(c2ccccc2)c2ccccc2)n1. The Labute approximate surface area is 338 Å². The zero-order valence-electron chi connectivity index (χ0n) is 30.6. The van der Waals surface area contributed by atoms with Gasteiger partial charge in [0.2, 0.25) is 5.71 Å². The summed E-state index contributed by atoms with van der Waals surface area (Å²) in [5.74, 6) is -1.26. The lowest BCUT2D eigenvalue weighted by Crippen LogP contribution is -2.38. The van der Waals surface area contributed by atoms with Crippen molar-refractivity contribution in [1.82, 2.24) is 9.97 Å². The van der Waals surface area contributed by atoms with E-state index in [4.69, 9.17) is 14.8 Å². The minimum absolute atomic E-state index is 0.0433. The predicted molar refractivity (Wildman–Crippen MR) is 229 cm³/mol. The van der Waals surface area contributed by atoms with Crippen molar-refractivity contribution in [2.24, 2.45) is 5.16 Å². The lowest BCUT2D eigenvalue weighted by atomic mass is 9.77. The maximum absolute atomic E-state index is 12.6. The molecule has 8 rings (SSSR count). The molecule has 0 aliphatic heterocycles. The van der Waals surface area contributed by atoms with E-state index in [1.807, 2.05) is 115 Å². The van der Waals surface area contributed by atoms with Gasteiger partial charge < -0.3 is 20.6 Å². The van der Waals surface area contributed by atoms with Crippen LogP contribution in [0.1, 0.15) is 44.8 Å². The number of thiazole rings is 2. The van der Waals surface area contributed by atoms with Crippen molar-refractivity contribution < 1.29 is 14.7 Å². The van der Waals surface area contributed by atoms with Crippen LogP contribution in [-0.4, -0.2) is 26.8 Å². The highest BCUT2D eigenvalue weighted by molar-refractivity contribution is 7.14. The topological polar surface area (TPSA) is 109 Å². The van der Waals surface area contributed by atoms with Crippen molar-refractivity contribution in [3.05, 3.63) is 238 Å². The molecule has 0 fully saturated rings. The highest BCUT2D eigenvalue weighted by atomic mass is 32.1. The molecule has 10 heteroatoms. The predicted octanol–water partition coefficient (Wildman–Crippen LogP) is 10.4. The van der Waals surface area contributed by atoms with E-state index in [9.17, 15) is 9.90 Å². The van der Waals surface area contributed by atoms with Crippen LogP contribution in [0.2, 0.25) is 0 Å². The number of nitrogens with one attached hydrogen (secondary N) is 2. The van der Waals surface area contributed by atoms with E-state index in [0.717, 1.165) is 33.4 Å². The zero-order valence-corrected chi connectivity index (χ0v) is 32.2. The van der Waals surface area contributed by atoms with Crippen LogP contribution in [0.25, 0.3) is 0 Å². The van der Waals surface area contributed by atoms with Crippen molar-refractivity contribution in [2.75, 3.05) is 10.6 Å². The Morgan fingerprint density at radius 1 is 0.526 bits per heavy atom. The van der Waals surface area contributed by atoms with Gasteiger partial charge in [0, 0.05) is 10.8 Å². The first-order valence-corrected chi connectivity index (χ1v) is 20.1. The monoisotopic (exact) mass is 783 g/mol. The first kappa shape index (κ1) is 37.1. The fourth-order valence-corrected chi connectivity index (χ4v) is 8.61. The maximum Gasteiger partial charge on any atom is 0.360 e. The minimum atomic E-state index is -1.26. The van der Waals surface area contributed by atoms with Gasteiger partial charge in [0.05, 0.1) is 5.69 Å². The summed E-state index contributed by atoms with van der Waals surface area (Å²) in [6, 6.07) is 61.3. The Hall–Kier alpha value is -6.88. The van der Waals surface area contributed by atoms with Crippen molar-refractivity contribution in [1.29, 1.82) is 0 Å². The number of anilines is 2. The first-order chi connectivity index (χ1) is 28.1. The van der Waals surface area contributed by atoms with E-state index in [0.29, 0.717) is 16.0 Å². The molecule has 0 radical (unpaired) electrons. The molecule has 0 unspecified atom stereocenters. The Kier molecular flexibility index (Phi) is 11.0. The average Bonchev–Trinajstić information content (AvgIpc) is 3.94. The van der Waals surface area contributed by atoms with Gasteiger partial charge in [-0.05, 0) is 33.4 Å². The summed E-state index contributed by atoms with van der Waals surface area (Å²) in [4.78, 5) is 27.9. The number of aliphatic carboxylic acids is 1. The molecule has 0 atom stereocenters. The number of carboxylic acids is 1. The molecule has 0 aliphatic carbocycles. The van der Waals surface area contributed by atoms with Gasteiger partial charge in [-0.15, -0.1) is 22.7 Å². The third-order valence-electron chi connectivity index (χ3n) is 9.70. The van der Waals surface area contributed by atoms with Gasteiger partial charge in [-0.25, -0.2) is 14.8 Å². The van der Waals surface area contributed by atoms with Crippen LogP contribution in [0.15, 0.2) is 198 Å². The Morgan fingerprint density at radius 3 is 1.21 bits per heavy atom. The zero-order chi connectivity index (χ0) is 38.9. The van der Waals surface area contributed by atoms with E-state index >= 15 is 0 Å². The summed E-state index contributed by atoms with van der Waals surface area (Å²) in [6.07, 6.45) is 0. The van der Waals surface area contributed by atoms with Gasteiger partial charge in [-0.1, -0.05) is 187 Å². The summed E-state index contributed by atoms with van der Waals surface area (Å²) >= 11 is 2.74. The summed E-state index contributed by atoms with van der Waals surface area (Å²) in [5, 5.41) is 26.5. The highest BCUT2D eigenvalue weighted by Crippen LogP contribution is 2.42. The molecule has 8 aromatic rings. The molecule has 2 aromatic heterocycles. The molecule has 0 bridgehead atoms. The van der Waals surface area contributed by atoms with Crippen LogP contribution in [0, 0.1) is 0 Å². The summed E-state index contributed by atoms with van der Waals surface area (Å²) in [5.41, 5.74) is 5.05. The fourth-order valence-electron chi connectivity index (χ4n) is 7.11. The van der Waals surface area contributed by atoms with Gasteiger partial charge in [0.1, 0.15) is 16.8 Å². The van der Waals surface area contributed by atoms with Gasteiger partial charge in [-0.3, -0.25) is 0 Å². The Balaban J connectivity index is 1.06. The molecule has 0 aliphatic rings. The van der Waals surface area contributed by atoms with Crippen LogP contribution in [-0.2, 0) is 27.3 Å². The van der Waals surface area contributed by atoms with Crippen molar-refractivity contribution in [3.63, 3.8) is 0 Å². The number of hydrogen-bond acceptors (Lipinski definition) is 9. The first-order valence-electron chi connectivity index (χ1n) is 18.3. The molecule has 0 spiro atoms. The highest BCUT2D eigenvalue weighted by Gasteiger charge is 2.38. The molecule has 0 amide bonds. The van der Waals surface area contributed by atoms with E-state index in [1.165, 1.54) is 22.7 Å². The molecule has 0 saturated heterocycles. The second-order valence-electron chi connectivity index (χ2n) is 13.1. The molecular weight excluding hydrogens is 747 g/mol. The van der Waals surface area contributed by atoms with E-state index < -0.39 is 17.0 Å². The summed E-state index contributed by atoms with van der Waals surface area (Å²) in [7, 11) is 0. The number of nitrogens with zero attached hydrogens (tertiary/aromatic N) is 3. The summed E-state index contributed by atoms with van der Waals surface area (Å²) < 4.78 is 0. The number of aromatic nitrogens is 2. The molecule has 57 heavy (non-hydrogen) atoms. The van der Waals surface area contributed by atoms with Gasteiger partial charge in [0.15, 0.2) is 16.9 Å². The molecule has 280 valence electrons. The minimum Gasteiger partial charge on any atom is -0.476 e. The van der Waals surface area contributed by atoms with Crippen LogP contribution in [0.5, 0.6) is 0 Å². The normalized spacial score (nSPS) is 11.8. The standard InChI is InChI=1S/C47H37N5O3S2/c53-43(54)42(41-33-57-45(49-41)51-47(37-25-13-4-14-26-37,38-27-15-5-16-28-38)39-29-17-6-18-30-39)52-55-31-40-32-56-44(48-40)50-46(34-19-7-1-8-20-34,35-21-9-2-10-22-35)36-23-11-3-12-24-36/h1-30,32-33H,31H2,(H,48,50)(H,49,51)(H,53,54)/b52-42-. The van der Waals surface area contributed by atoms with Crippen LogP contribution in [0.3, 0.4) is 0 Å². The van der Waals surface area contributed by atoms with Gasteiger partial charge in [-0.2, -0.15) is 0 Å². The second-order valence-corrected chi connectivity index (χ2v) is 14.9. The fraction of sp³-hybridized carbons (Fsp3) is 0.0638. The number of benzene rings is 6. The van der Waals surface area contributed by atoms with Crippen LogP contribution < -0.4 is 10.6 Å². The number of rotatable bonds is 15. The molecule has 2 heterocycles.